The molecular formula is C26H48N2O7S3. The zero-order chi connectivity index (χ0) is 27.8. The molecular weight excluding hydrogens is 548 g/mol. The van der Waals surface area contributed by atoms with Gasteiger partial charge < -0.3 is 29.6 Å². The summed E-state index contributed by atoms with van der Waals surface area (Å²) in [6.45, 7) is 4.58. The van der Waals surface area contributed by atoms with Crippen molar-refractivity contribution in [2.75, 3.05) is 77.2 Å². The van der Waals surface area contributed by atoms with Crippen molar-refractivity contribution in [3.05, 3.63) is 0 Å². The maximum Gasteiger partial charge on any atom is 0.220 e. The summed E-state index contributed by atoms with van der Waals surface area (Å²) in [5, 5.41) is 6.49. The van der Waals surface area contributed by atoms with Gasteiger partial charge in [0.25, 0.3) is 0 Å². The maximum absolute atomic E-state index is 11.9. The summed E-state index contributed by atoms with van der Waals surface area (Å²) in [6.07, 6.45) is 5.97. The van der Waals surface area contributed by atoms with Crippen molar-refractivity contribution in [2.45, 2.75) is 62.7 Å². The van der Waals surface area contributed by atoms with Crippen molar-refractivity contribution >= 4 is 54.6 Å². The third-order valence-electron chi connectivity index (χ3n) is 6.09. The van der Waals surface area contributed by atoms with E-state index in [1.165, 1.54) is 0 Å². The third-order valence-corrected chi connectivity index (χ3v) is 8.08. The Balaban J connectivity index is 0.000000781. The van der Waals surface area contributed by atoms with Gasteiger partial charge in [0.1, 0.15) is 5.78 Å². The van der Waals surface area contributed by atoms with E-state index in [1.54, 1.807) is 7.11 Å². The number of fused-ring (bicyclic) bond motifs is 1. The monoisotopic (exact) mass is 596 g/mol. The Kier molecular flexibility index (Phi) is 22.7. The Morgan fingerprint density at radius 1 is 0.921 bits per heavy atom. The van der Waals surface area contributed by atoms with Crippen molar-refractivity contribution in [1.82, 2.24) is 10.6 Å². The van der Waals surface area contributed by atoms with Gasteiger partial charge in [-0.05, 0) is 36.7 Å². The number of methoxy groups -OCH3 is 1. The molecule has 0 saturated carbocycles. The van der Waals surface area contributed by atoms with Gasteiger partial charge in [-0.3, -0.25) is 14.4 Å². The molecule has 3 unspecified atom stereocenters. The molecule has 0 aliphatic carbocycles. The van der Waals surface area contributed by atoms with E-state index in [0.717, 1.165) is 37.2 Å². The summed E-state index contributed by atoms with van der Waals surface area (Å²) in [6, 6.07) is 0.345. The summed E-state index contributed by atoms with van der Waals surface area (Å²) in [7, 11) is 1.66. The molecule has 2 N–H and O–H groups in total. The Labute approximate surface area is 243 Å². The second-order valence-electron chi connectivity index (χ2n) is 9.19. The quantitative estimate of drug-likeness (QED) is 0.112. The van der Waals surface area contributed by atoms with E-state index < -0.39 is 0 Å². The van der Waals surface area contributed by atoms with Crippen LogP contribution in [0.15, 0.2) is 0 Å². The van der Waals surface area contributed by atoms with E-state index in [4.69, 9.17) is 18.9 Å². The van der Waals surface area contributed by atoms with Crippen LogP contribution in [0.3, 0.4) is 0 Å². The lowest BCUT2D eigenvalue weighted by Crippen LogP contribution is -2.34. The van der Waals surface area contributed by atoms with Crippen molar-refractivity contribution < 1.29 is 33.3 Å². The smallest absolute Gasteiger partial charge is 0.220 e. The van der Waals surface area contributed by atoms with Crippen LogP contribution in [0.25, 0.3) is 0 Å². The molecule has 0 radical (unpaired) electrons. The molecule has 2 fully saturated rings. The van der Waals surface area contributed by atoms with Crippen LogP contribution in [0.1, 0.15) is 51.4 Å². The molecule has 2 heterocycles. The number of unbranched alkanes of at least 4 members (excludes halogenated alkanes) is 1. The van der Waals surface area contributed by atoms with Gasteiger partial charge in [0.15, 0.2) is 0 Å². The molecule has 2 saturated heterocycles. The Hall–Kier alpha value is -0.500. The van der Waals surface area contributed by atoms with Crippen LogP contribution < -0.4 is 10.6 Å². The van der Waals surface area contributed by atoms with Gasteiger partial charge in [-0.25, -0.2) is 0 Å². The van der Waals surface area contributed by atoms with Crippen molar-refractivity contribution in [2.24, 2.45) is 5.92 Å². The second kappa shape index (κ2) is 24.3. The average Bonchev–Trinajstić information content (AvgIpc) is 3.45. The van der Waals surface area contributed by atoms with E-state index >= 15 is 0 Å². The number of hydrogen-bond donors (Lipinski definition) is 4. The predicted octanol–water partition coefficient (Wildman–Crippen LogP) is 2.56. The summed E-state index contributed by atoms with van der Waals surface area (Å²) in [4.78, 5) is 34.7. The van der Waals surface area contributed by atoms with Crippen LogP contribution in [0.2, 0.25) is 0 Å². The maximum atomic E-state index is 11.9. The number of thiol groups is 2. The number of Topliss-reactive ketones (excluding diaryl/α,β-unsaturated/α-hetero) is 1. The number of carbonyl (C=O) groups excluding carboxylic acids is 3. The van der Waals surface area contributed by atoms with Crippen molar-refractivity contribution in [3.63, 3.8) is 0 Å². The van der Waals surface area contributed by atoms with Crippen molar-refractivity contribution in [3.8, 4) is 0 Å². The first kappa shape index (κ1) is 35.5. The fourth-order valence-electron chi connectivity index (χ4n) is 4.13. The minimum absolute atomic E-state index is 0.0619. The van der Waals surface area contributed by atoms with Gasteiger partial charge in [0, 0.05) is 63.0 Å². The minimum Gasteiger partial charge on any atom is -0.382 e. The minimum atomic E-state index is 0.0619. The lowest BCUT2D eigenvalue weighted by molar-refractivity contribution is -0.121. The molecule has 3 atom stereocenters. The Morgan fingerprint density at radius 2 is 1.66 bits per heavy atom. The number of ether oxygens (including phenoxy) is 4. The fraction of sp³-hybridized carbons (Fsp3) is 0.885. The van der Waals surface area contributed by atoms with Gasteiger partial charge in [-0.1, -0.05) is 6.42 Å². The SMILES string of the molecule is COCCOCCS.O=C(CCS)CCCOCCOCCNC(=O)CCCCC1SCC2CC(=O)NC21. The number of rotatable bonds is 22. The molecule has 2 aliphatic heterocycles. The van der Waals surface area contributed by atoms with Gasteiger partial charge in [0.05, 0.1) is 39.6 Å². The molecule has 0 spiro atoms. The molecule has 0 aromatic carbocycles. The lowest BCUT2D eigenvalue weighted by atomic mass is 9.97. The van der Waals surface area contributed by atoms with Crippen LogP contribution in [-0.4, -0.2) is 106 Å². The van der Waals surface area contributed by atoms with Gasteiger partial charge in [0.2, 0.25) is 11.8 Å². The highest BCUT2D eigenvalue weighted by atomic mass is 32.2. The molecule has 2 aliphatic rings. The summed E-state index contributed by atoms with van der Waals surface area (Å²) in [5.74, 6) is 3.46. The summed E-state index contributed by atoms with van der Waals surface area (Å²) < 4.78 is 20.6. The highest BCUT2D eigenvalue weighted by molar-refractivity contribution is 8.00. The number of amides is 2. The van der Waals surface area contributed by atoms with Crippen LogP contribution in [0.4, 0.5) is 0 Å². The third kappa shape index (κ3) is 18.0. The highest BCUT2D eigenvalue weighted by Gasteiger charge is 2.42. The molecule has 0 aromatic rings. The topological polar surface area (TPSA) is 112 Å². The van der Waals surface area contributed by atoms with Gasteiger partial charge in [-0.15, -0.1) is 0 Å². The zero-order valence-electron chi connectivity index (χ0n) is 22.8. The molecule has 9 nitrogen and oxygen atoms in total. The molecule has 2 rings (SSSR count). The molecule has 0 aromatic heterocycles. The van der Waals surface area contributed by atoms with Crippen LogP contribution in [0, 0.1) is 5.92 Å². The molecule has 222 valence electrons. The van der Waals surface area contributed by atoms with Crippen molar-refractivity contribution in [1.29, 1.82) is 0 Å². The van der Waals surface area contributed by atoms with Gasteiger partial charge >= 0.3 is 0 Å². The second-order valence-corrected chi connectivity index (χ2v) is 11.4. The van der Waals surface area contributed by atoms with E-state index in [2.05, 4.69) is 35.9 Å². The fourth-order valence-corrected chi connectivity index (χ4v) is 6.16. The first-order valence-corrected chi connectivity index (χ1v) is 16.0. The molecule has 2 amide bonds. The molecule has 12 heteroatoms. The van der Waals surface area contributed by atoms with E-state index in [0.29, 0.717) is 101 Å². The van der Waals surface area contributed by atoms with Crippen LogP contribution in [-0.2, 0) is 33.3 Å². The predicted molar refractivity (Wildman–Crippen MR) is 159 cm³/mol. The van der Waals surface area contributed by atoms with E-state index in [1.807, 2.05) is 11.8 Å². The lowest BCUT2D eigenvalue weighted by Gasteiger charge is -2.17. The van der Waals surface area contributed by atoms with Crippen LogP contribution in [0.5, 0.6) is 0 Å². The zero-order valence-corrected chi connectivity index (χ0v) is 25.4. The first-order valence-electron chi connectivity index (χ1n) is 13.6. The molecule has 38 heavy (non-hydrogen) atoms. The Bertz CT molecular complexity index is 640. The first-order chi connectivity index (χ1) is 18.5. The highest BCUT2D eigenvalue weighted by Crippen LogP contribution is 2.39. The average molecular weight is 597 g/mol. The van der Waals surface area contributed by atoms with E-state index in [-0.39, 0.29) is 17.6 Å². The number of nitrogens with one attached hydrogen (secondary N) is 2. The Morgan fingerprint density at radius 3 is 2.39 bits per heavy atom. The summed E-state index contributed by atoms with van der Waals surface area (Å²) in [5.41, 5.74) is 0. The van der Waals surface area contributed by atoms with Crippen LogP contribution >= 0.6 is 37.0 Å². The largest absolute Gasteiger partial charge is 0.382 e. The standard InChI is InChI=1S/C21H36N2O5S2.C5H12O2S/c24-17(7-13-29)4-3-9-27-11-12-28-10-8-22-19(25)6-2-1-5-18-21-16(15-30-18)14-20(26)23-21;1-6-2-3-7-4-5-8/h16,18,21,29H,1-15H2,(H,22,25)(H,23,26);8H,2-5H2,1H3. The number of thioether (sulfide) groups is 1. The number of ketones is 1. The number of carbonyl (C=O) groups is 3. The molecule has 0 bridgehead atoms. The van der Waals surface area contributed by atoms with E-state index in [9.17, 15) is 14.4 Å². The number of hydrogen-bond acceptors (Lipinski definition) is 10. The summed E-state index contributed by atoms with van der Waals surface area (Å²) >= 11 is 9.96. The van der Waals surface area contributed by atoms with Gasteiger partial charge in [-0.2, -0.15) is 37.0 Å². The normalized spacial score (nSPS) is 20.0.